The van der Waals surface area contributed by atoms with E-state index in [1.807, 2.05) is 49.4 Å². The number of aryl methyl sites for hydroxylation is 1. The van der Waals surface area contributed by atoms with Crippen molar-refractivity contribution in [2.45, 2.75) is 45.9 Å². The van der Waals surface area contributed by atoms with Gasteiger partial charge < -0.3 is 14.8 Å². The van der Waals surface area contributed by atoms with Gasteiger partial charge in [-0.25, -0.2) is 0 Å². The summed E-state index contributed by atoms with van der Waals surface area (Å²) in [6, 6.07) is 21.1. The van der Waals surface area contributed by atoms with Gasteiger partial charge in [-0.1, -0.05) is 54.6 Å². The highest BCUT2D eigenvalue weighted by atomic mass is 19.4. The van der Waals surface area contributed by atoms with Crippen LogP contribution in [0.2, 0.25) is 0 Å². The molecule has 35 heavy (non-hydrogen) atoms. The summed E-state index contributed by atoms with van der Waals surface area (Å²) in [7, 11) is 0. The number of halogens is 3. The Kier molecular flexibility index (Phi) is 9.18. The first kappa shape index (κ1) is 26.1. The van der Waals surface area contributed by atoms with E-state index < -0.39 is 12.8 Å². The molecule has 0 saturated heterocycles. The number of unbranched alkanes of at least 4 members (excludes halogenated alkanes) is 1. The molecule has 0 saturated carbocycles. The van der Waals surface area contributed by atoms with Gasteiger partial charge in [-0.3, -0.25) is 4.79 Å². The van der Waals surface area contributed by atoms with E-state index in [9.17, 15) is 18.0 Å². The van der Waals surface area contributed by atoms with E-state index in [-0.39, 0.29) is 18.3 Å². The molecule has 0 aliphatic heterocycles. The van der Waals surface area contributed by atoms with Gasteiger partial charge in [-0.15, -0.1) is 0 Å². The van der Waals surface area contributed by atoms with Crippen LogP contribution in [0.1, 0.15) is 36.5 Å². The predicted molar refractivity (Wildman–Crippen MR) is 131 cm³/mol. The summed E-state index contributed by atoms with van der Waals surface area (Å²) in [5.74, 6) is 0.494. The van der Waals surface area contributed by atoms with E-state index in [1.165, 1.54) is 13.0 Å². The van der Waals surface area contributed by atoms with Crippen molar-refractivity contribution < 1.29 is 27.4 Å². The molecule has 0 bridgehead atoms. The molecule has 0 aliphatic rings. The lowest BCUT2D eigenvalue weighted by Crippen LogP contribution is -2.21. The maximum Gasteiger partial charge on any atom is 0.422 e. The van der Waals surface area contributed by atoms with Gasteiger partial charge in [0.15, 0.2) is 6.61 Å². The van der Waals surface area contributed by atoms with Gasteiger partial charge >= 0.3 is 6.18 Å². The van der Waals surface area contributed by atoms with Gasteiger partial charge in [0.1, 0.15) is 18.1 Å². The number of hydrogen-bond acceptors (Lipinski definition) is 3. The lowest BCUT2D eigenvalue weighted by atomic mass is 9.97. The number of carbonyl (C=O) groups is 1. The first-order chi connectivity index (χ1) is 16.7. The third-order valence-electron chi connectivity index (χ3n) is 5.60. The fourth-order valence-corrected chi connectivity index (χ4v) is 3.76. The van der Waals surface area contributed by atoms with Gasteiger partial charge in [0.25, 0.3) is 0 Å². The normalized spacial score (nSPS) is 11.2. The molecule has 1 N–H and O–H groups in total. The van der Waals surface area contributed by atoms with Crippen LogP contribution in [0.25, 0.3) is 11.1 Å². The maximum absolute atomic E-state index is 12.8. The van der Waals surface area contributed by atoms with Gasteiger partial charge in [0.2, 0.25) is 5.91 Å². The number of carbonyl (C=O) groups excluding carboxylic acids is 1. The predicted octanol–water partition coefficient (Wildman–Crippen LogP) is 6.64. The summed E-state index contributed by atoms with van der Waals surface area (Å²) in [4.78, 5) is 11.0. The molecule has 3 aromatic carbocycles. The summed E-state index contributed by atoms with van der Waals surface area (Å²) in [6.45, 7) is 2.91. The minimum Gasteiger partial charge on any atom is -0.489 e. The summed E-state index contributed by atoms with van der Waals surface area (Å²) in [5, 5.41) is 2.71. The molecule has 0 atom stereocenters. The van der Waals surface area contributed by atoms with Crippen molar-refractivity contribution >= 4 is 5.91 Å². The second-order valence-corrected chi connectivity index (χ2v) is 8.36. The summed E-state index contributed by atoms with van der Waals surface area (Å²) in [6.07, 6.45) is -2.48. The maximum atomic E-state index is 12.8. The minimum absolute atomic E-state index is 0.106. The molecule has 7 heteroatoms. The summed E-state index contributed by atoms with van der Waals surface area (Å²) < 4.78 is 49.5. The SMILES string of the molecule is CC(=O)NCCCCc1ccc(OCc2cccc(-c3ccccc3)c2C)cc1OCC(F)(F)F. The number of ether oxygens (including phenoxy) is 2. The second kappa shape index (κ2) is 12.3. The van der Waals surface area contributed by atoms with Crippen LogP contribution in [0, 0.1) is 6.92 Å². The molecule has 0 spiro atoms. The number of benzene rings is 3. The van der Waals surface area contributed by atoms with Crippen LogP contribution in [0.5, 0.6) is 11.5 Å². The van der Waals surface area contributed by atoms with Crippen molar-refractivity contribution in [3.05, 3.63) is 83.4 Å². The van der Waals surface area contributed by atoms with E-state index in [0.717, 1.165) is 22.3 Å². The van der Waals surface area contributed by atoms with Crippen molar-refractivity contribution in [2.24, 2.45) is 0 Å². The van der Waals surface area contributed by atoms with Gasteiger partial charge in [-0.05, 0) is 60.1 Å². The molecule has 0 heterocycles. The van der Waals surface area contributed by atoms with Crippen molar-refractivity contribution in [1.82, 2.24) is 5.32 Å². The number of alkyl halides is 3. The monoisotopic (exact) mass is 485 g/mol. The first-order valence-electron chi connectivity index (χ1n) is 11.6. The van der Waals surface area contributed by atoms with Crippen molar-refractivity contribution in [2.75, 3.05) is 13.2 Å². The minimum atomic E-state index is -4.44. The third kappa shape index (κ3) is 8.35. The second-order valence-electron chi connectivity index (χ2n) is 8.36. The summed E-state index contributed by atoms with van der Waals surface area (Å²) >= 11 is 0. The quantitative estimate of drug-likeness (QED) is 0.310. The molecule has 3 rings (SSSR count). The Morgan fingerprint density at radius 1 is 0.914 bits per heavy atom. The number of hydrogen-bond donors (Lipinski definition) is 1. The van der Waals surface area contributed by atoms with Crippen molar-refractivity contribution in [3.63, 3.8) is 0 Å². The van der Waals surface area contributed by atoms with Crippen LogP contribution in [0.4, 0.5) is 13.2 Å². The van der Waals surface area contributed by atoms with Gasteiger partial charge in [0.05, 0.1) is 0 Å². The van der Waals surface area contributed by atoms with Crippen LogP contribution < -0.4 is 14.8 Å². The topological polar surface area (TPSA) is 47.6 Å². The zero-order valence-electron chi connectivity index (χ0n) is 20.0. The molecular formula is C28H30F3NO3. The third-order valence-corrected chi connectivity index (χ3v) is 5.60. The van der Waals surface area contributed by atoms with Crippen LogP contribution in [-0.4, -0.2) is 25.2 Å². The highest BCUT2D eigenvalue weighted by Gasteiger charge is 2.29. The Bertz CT molecular complexity index is 1110. The Morgan fingerprint density at radius 2 is 1.69 bits per heavy atom. The molecule has 186 valence electrons. The number of rotatable bonds is 11. The first-order valence-corrected chi connectivity index (χ1v) is 11.6. The van der Waals surface area contributed by atoms with Crippen LogP contribution in [0.15, 0.2) is 66.7 Å². The Morgan fingerprint density at radius 3 is 2.40 bits per heavy atom. The van der Waals surface area contributed by atoms with Crippen molar-refractivity contribution in [1.29, 1.82) is 0 Å². The Hall–Kier alpha value is -3.48. The standard InChI is InChI=1S/C28H30F3NO3/c1-20-24(12-8-13-26(20)22-9-4-3-5-10-22)18-34-25-15-14-23(11-6-7-16-32-21(2)33)27(17-25)35-19-28(29,30)31/h3-5,8-10,12-15,17H,6-7,11,16,18-19H2,1-2H3,(H,32,33). The van der Waals surface area contributed by atoms with Gasteiger partial charge in [-0.2, -0.15) is 13.2 Å². The Balaban J connectivity index is 1.70. The summed E-state index contributed by atoms with van der Waals surface area (Å²) in [5.41, 5.74) is 4.97. The molecule has 0 aromatic heterocycles. The van der Waals surface area contributed by atoms with E-state index in [0.29, 0.717) is 37.1 Å². The molecule has 4 nitrogen and oxygen atoms in total. The van der Waals surface area contributed by atoms with Crippen LogP contribution in [-0.2, 0) is 17.8 Å². The number of amides is 1. The molecular weight excluding hydrogens is 455 g/mol. The molecule has 0 unspecified atom stereocenters. The van der Waals surface area contributed by atoms with Gasteiger partial charge in [0, 0.05) is 19.5 Å². The average molecular weight is 486 g/mol. The highest BCUT2D eigenvalue weighted by Crippen LogP contribution is 2.30. The lowest BCUT2D eigenvalue weighted by molar-refractivity contribution is -0.153. The molecule has 0 aliphatic carbocycles. The van der Waals surface area contributed by atoms with E-state index in [2.05, 4.69) is 11.4 Å². The van der Waals surface area contributed by atoms with Crippen molar-refractivity contribution in [3.8, 4) is 22.6 Å². The smallest absolute Gasteiger partial charge is 0.422 e. The van der Waals surface area contributed by atoms with Crippen LogP contribution >= 0.6 is 0 Å². The number of nitrogens with one attached hydrogen (secondary N) is 1. The highest BCUT2D eigenvalue weighted by molar-refractivity contribution is 5.72. The fourth-order valence-electron chi connectivity index (χ4n) is 3.76. The average Bonchev–Trinajstić information content (AvgIpc) is 2.82. The fraction of sp³-hybridized carbons (Fsp3) is 0.321. The zero-order chi connectivity index (χ0) is 25.3. The molecule has 3 aromatic rings. The van der Waals surface area contributed by atoms with E-state index in [1.54, 1.807) is 12.1 Å². The molecule has 1 amide bonds. The molecule has 0 fully saturated rings. The van der Waals surface area contributed by atoms with E-state index in [4.69, 9.17) is 9.47 Å². The molecule has 0 radical (unpaired) electrons. The Labute approximate surface area is 204 Å². The zero-order valence-corrected chi connectivity index (χ0v) is 20.0. The van der Waals surface area contributed by atoms with Crippen LogP contribution in [0.3, 0.4) is 0 Å². The largest absolute Gasteiger partial charge is 0.489 e. The van der Waals surface area contributed by atoms with E-state index >= 15 is 0 Å². The lowest BCUT2D eigenvalue weighted by Gasteiger charge is -2.16.